The van der Waals surface area contributed by atoms with Crippen LogP contribution in [0.3, 0.4) is 0 Å². The lowest BCUT2D eigenvalue weighted by Gasteiger charge is -2.37. The van der Waals surface area contributed by atoms with E-state index in [-0.39, 0.29) is 17.7 Å². The van der Waals surface area contributed by atoms with Crippen LogP contribution in [-0.2, 0) is 4.79 Å². The number of rotatable bonds is 5. The van der Waals surface area contributed by atoms with Crippen LogP contribution in [0.15, 0.2) is 54.6 Å². The zero-order valence-corrected chi connectivity index (χ0v) is 18.2. The Morgan fingerprint density at radius 1 is 0.967 bits per heavy atom. The Hall–Kier alpha value is -2.93. The van der Waals surface area contributed by atoms with Gasteiger partial charge in [-0.05, 0) is 42.4 Å². The summed E-state index contributed by atoms with van der Waals surface area (Å²) in [5.41, 5.74) is 2.57. The van der Waals surface area contributed by atoms with E-state index in [1.54, 1.807) is 0 Å². The van der Waals surface area contributed by atoms with Gasteiger partial charge in [0.2, 0.25) is 5.91 Å². The molecular weight excluding hydrogens is 396 g/mol. The number of piperazine rings is 1. The summed E-state index contributed by atoms with van der Waals surface area (Å²) in [5.74, 6) is 0.249. The molecule has 2 N–H and O–H groups in total. The molecule has 158 valence electrons. The molecule has 2 amide bonds. The first kappa shape index (κ1) is 21.8. The van der Waals surface area contributed by atoms with Gasteiger partial charge in [0.25, 0.3) is 5.91 Å². The average Bonchev–Trinajstić information content (AvgIpc) is 2.73. The number of para-hydroxylation sites is 2. The van der Waals surface area contributed by atoms with Crippen LogP contribution in [-0.4, -0.2) is 48.0 Å². The van der Waals surface area contributed by atoms with E-state index in [9.17, 15) is 9.59 Å². The Morgan fingerprint density at radius 3 is 2.27 bits per heavy atom. The highest BCUT2D eigenvalue weighted by molar-refractivity contribution is 7.80. The fourth-order valence-corrected chi connectivity index (χ4v) is 3.69. The van der Waals surface area contributed by atoms with Crippen molar-refractivity contribution in [1.29, 1.82) is 0 Å². The zero-order valence-electron chi connectivity index (χ0n) is 17.4. The van der Waals surface area contributed by atoms with Gasteiger partial charge >= 0.3 is 0 Å². The molecule has 0 aromatic heterocycles. The van der Waals surface area contributed by atoms with Gasteiger partial charge in [-0.2, -0.15) is 0 Å². The molecule has 1 aliphatic heterocycles. The SMILES string of the molecule is CC(C)CC(=O)NC(=S)Nc1ccccc1N1CCN(C(=O)c2ccccc2)CC1. The lowest BCUT2D eigenvalue weighted by Crippen LogP contribution is -2.49. The van der Waals surface area contributed by atoms with E-state index in [2.05, 4.69) is 15.5 Å². The zero-order chi connectivity index (χ0) is 21.5. The molecule has 0 atom stereocenters. The number of nitrogens with zero attached hydrogens (tertiary/aromatic N) is 2. The largest absolute Gasteiger partial charge is 0.366 e. The molecule has 2 aromatic rings. The van der Waals surface area contributed by atoms with Crippen molar-refractivity contribution in [3.05, 3.63) is 60.2 Å². The normalized spacial score (nSPS) is 13.8. The van der Waals surface area contributed by atoms with E-state index in [1.807, 2.05) is 73.3 Å². The number of carbonyl (C=O) groups excluding carboxylic acids is 2. The Bertz CT molecular complexity index is 893. The fraction of sp³-hybridized carbons (Fsp3) is 0.348. The molecule has 2 aromatic carbocycles. The lowest BCUT2D eigenvalue weighted by molar-refractivity contribution is -0.120. The molecule has 1 saturated heterocycles. The maximum absolute atomic E-state index is 12.7. The first-order valence-electron chi connectivity index (χ1n) is 10.2. The highest BCUT2D eigenvalue weighted by atomic mass is 32.1. The molecule has 0 spiro atoms. The lowest BCUT2D eigenvalue weighted by atomic mass is 10.1. The molecule has 1 fully saturated rings. The van der Waals surface area contributed by atoms with Crippen LogP contribution in [0.2, 0.25) is 0 Å². The van der Waals surface area contributed by atoms with Crippen LogP contribution >= 0.6 is 12.2 Å². The van der Waals surface area contributed by atoms with Crippen LogP contribution in [0.4, 0.5) is 11.4 Å². The number of hydrogen-bond acceptors (Lipinski definition) is 4. The van der Waals surface area contributed by atoms with Crippen LogP contribution in [0, 0.1) is 5.92 Å². The summed E-state index contributed by atoms with van der Waals surface area (Å²) in [5, 5.41) is 6.19. The topological polar surface area (TPSA) is 64.7 Å². The van der Waals surface area contributed by atoms with E-state index in [1.165, 1.54) is 0 Å². The van der Waals surface area contributed by atoms with Gasteiger partial charge in [0.15, 0.2) is 5.11 Å². The van der Waals surface area contributed by atoms with Crippen molar-refractivity contribution >= 4 is 40.5 Å². The van der Waals surface area contributed by atoms with E-state index in [4.69, 9.17) is 12.2 Å². The van der Waals surface area contributed by atoms with Crippen LogP contribution in [0.1, 0.15) is 30.6 Å². The Labute approximate surface area is 183 Å². The molecular formula is C23H28N4O2S. The minimum absolute atomic E-state index is 0.0655. The number of nitrogens with one attached hydrogen (secondary N) is 2. The third-order valence-electron chi connectivity index (χ3n) is 4.93. The van der Waals surface area contributed by atoms with E-state index >= 15 is 0 Å². The van der Waals surface area contributed by atoms with Crippen LogP contribution in [0.5, 0.6) is 0 Å². The molecule has 0 unspecified atom stereocenters. The van der Waals surface area contributed by atoms with Gasteiger partial charge in [0, 0.05) is 38.2 Å². The summed E-state index contributed by atoms with van der Waals surface area (Å²) >= 11 is 5.32. The first-order valence-corrected chi connectivity index (χ1v) is 10.6. The number of benzene rings is 2. The number of anilines is 2. The van der Waals surface area contributed by atoms with Crippen LogP contribution in [0.25, 0.3) is 0 Å². The third-order valence-corrected chi connectivity index (χ3v) is 5.13. The van der Waals surface area contributed by atoms with Gasteiger partial charge < -0.3 is 20.4 Å². The van der Waals surface area contributed by atoms with Crippen molar-refractivity contribution in [3.63, 3.8) is 0 Å². The smallest absolute Gasteiger partial charge is 0.253 e. The number of hydrogen-bond donors (Lipinski definition) is 2. The van der Waals surface area contributed by atoms with Gasteiger partial charge in [-0.3, -0.25) is 9.59 Å². The molecule has 1 heterocycles. The quantitative estimate of drug-likeness (QED) is 0.719. The summed E-state index contributed by atoms with van der Waals surface area (Å²) in [6, 6.07) is 17.2. The number of carbonyl (C=O) groups is 2. The standard InChI is InChI=1S/C23H28N4O2S/c1-17(2)16-21(28)25-23(30)24-19-10-6-7-11-20(19)26-12-14-27(15-13-26)22(29)18-8-4-3-5-9-18/h3-11,17H,12-16H2,1-2H3,(H2,24,25,28,30). The van der Waals surface area contributed by atoms with Crippen molar-refractivity contribution in [3.8, 4) is 0 Å². The Morgan fingerprint density at radius 2 is 1.60 bits per heavy atom. The summed E-state index contributed by atoms with van der Waals surface area (Å²) < 4.78 is 0. The first-order chi connectivity index (χ1) is 14.4. The molecule has 0 radical (unpaired) electrons. The second-order valence-electron chi connectivity index (χ2n) is 7.76. The molecule has 30 heavy (non-hydrogen) atoms. The maximum Gasteiger partial charge on any atom is 0.253 e. The molecule has 1 aliphatic rings. The number of thiocarbonyl (C=S) groups is 1. The minimum Gasteiger partial charge on any atom is -0.366 e. The highest BCUT2D eigenvalue weighted by Gasteiger charge is 2.23. The molecule has 6 nitrogen and oxygen atoms in total. The summed E-state index contributed by atoms with van der Waals surface area (Å²) in [6.45, 7) is 6.74. The van der Waals surface area contributed by atoms with Gasteiger partial charge in [0.05, 0.1) is 11.4 Å². The van der Waals surface area contributed by atoms with E-state index in [0.717, 1.165) is 30.0 Å². The van der Waals surface area contributed by atoms with Crippen molar-refractivity contribution in [1.82, 2.24) is 10.2 Å². The van der Waals surface area contributed by atoms with Crippen molar-refractivity contribution in [2.75, 3.05) is 36.4 Å². The molecule has 0 bridgehead atoms. The second kappa shape index (κ2) is 10.2. The summed E-state index contributed by atoms with van der Waals surface area (Å²) in [4.78, 5) is 28.8. The Balaban J connectivity index is 1.60. The fourth-order valence-electron chi connectivity index (χ4n) is 3.47. The van der Waals surface area contributed by atoms with Crippen LogP contribution < -0.4 is 15.5 Å². The van der Waals surface area contributed by atoms with Crippen molar-refractivity contribution < 1.29 is 9.59 Å². The predicted octanol–water partition coefficient (Wildman–Crippen LogP) is 3.51. The second-order valence-corrected chi connectivity index (χ2v) is 8.17. The van der Waals surface area contributed by atoms with Gasteiger partial charge in [-0.1, -0.05) is 44.2 Å². The third kappa shape index (κ3) is 5.79. The summed E-state index contributed by atoms with van der Waals surface area (Å²) in [7, 11) is 0. The van der Waals surface area contributed by atoms with Crippen molar-refractivity contribution in [2.24, 2.45) is 5.92 Å². The van der Waals surface area contributed by atoms with Gasteiger partial charge in [-0.15, -0.1) is 0 Å². The highest BCUT2D eigenvalue weighted by Crippen LogP contribution is 2.27. The van der Waals surface area contributed by atoms with E-state index in [0.29, 0.717) is 24.6 Å². The summed E-state index contributed by atoms with van der Waals surface area (Å²) in [6.07, 6.45) is 0.431. The predicted molar refractivity (Wildman–Crippen MR) is 125 cm³/mol. The molecule has 3 rings (SSSR count). The van der Waals surface area contributed by atoms with Gasteiger partial charge in [-0.25, -0.2) is 0 Å². The molecule has 0 aliphatic carbocycles. The molecule has 0 saturated carbocycles. The monoisotopic (exact) mass is 424 g/mol. The van der Waals surface area contributed by atoms with E-state index < -0.39 is 0 Å². The van der Waals surface area contributed by atoms with Gasteiger partial charge in [0.1, 0.15) is 0 Å². The number of amides is 2. The minimum atomic E-state index is -0.0898. The molecule has 7 heteroatoms. The average molecular weight is 425 g/mol. The maximum atomic E-state index is 12.7. The Kier molecular flexibility index (Phi) is 7.41. The van der Waals surface area contributed by atoms with Crippen molar-refractivity contribution in [2.45, 2.75) is 20.3 Å².